The molecule has 3 heteroatoms. The van der Waals surface area contributed by atoms with E-state index in [9.17, 15) is 0 Å². The van der Waals surface area contributed by atoms with Gasteiger partial charge in [0.15, 0.2) is 0 Å². The molecule has 1 aromatic carbocycles. The molecule has 1 heterocycles. The number of anilines is 1. The summed E-state index contributed by atoms with van der Waals surface area (Å²) >= 11 is 0. The maximum absolute atomic E-state index is 8.91. The van der Waals surface area contributed by atoms with Crippen molar-refractivity contribution in [1.82, 2.24) is 4.90 Å². The van der Waals surface area contributed by atoms with Crippen LogP contribution in [0.1, 0.15) is 36.5 Å². The molecule has 1 aliphatic heterocycles. The zero-order valence-electron chi connectivity index (χ0n) is 9.66. The van der Waals surface area contributed by atoms with Gasteiger partial charge in [-0.25, -0.2) is 0 Å². The van der Waals surface area contributed by atoms with Gasteiger partial charge in [-0.05, 0) is 30.2 Å². The van der Waals surface area contributed by atoms with Crippen molar-refractivity contribution in [3.05, 3.63) is 28.8 Å². The number of nitrogens with two attached hydrogens (primary N) is 1. The van der Waals surface area contributed by atoms with Crippen molar-refractivity contribution >= 4 is 5.69 Å². The Bertz CT molecular complexity index is 432. The van der Waals surface area contributed by atoms with Crippen LogP contribution in [0.4, 0.5) is 5.69 Å². The Morgan fingerprint density at radius 3 is 2.94 bits per heavy atom. The summed E-state index contributed by atoms with van der Waals surface area (Å²) in [5, 5.41) is 8.91. The molecule has 0 radical (unpaired) electrons. The van der Waals surface area contributed by atoms with Gasteiger partial charge in [0.1, 0.15) is 6.07 Å². The van der Waals surface area contributed by atoms with E-state index < -0.39 is 0 Å². The standard InChI is InChI=1S/C13H17N3/c1-2-3-6-16-8-11-5-4-10(7-14)13(15)12(11)9-16/h4-5H,2-3,6,8-9,15H2,1H3. The van der Waals surface area contributed by atoms with Gasteiger partial charge in [-0.3, -0.25) is 4.90 Å². The number of unbranched alkanes of at least 4 members (excludes halogenated alkanes) is 1. The van der Waals surface area contributed by atoms with Gasteiger partial charge < -0.3 is 5.73 Å². The summed E-state index contributed by atoms with van der Waals surface area (Å²) in [5.74, 6) is 0. The van der Waals surface area contributed by atoms with Crippen LogP contribution in [-0.4, -0.2) is 11.4 Å². The zero-order chi connectivity index (χ0) is 11.5. The molecule has 0 aliphatic carbocycles. The molecule has 0 spiro atoms. The molecule has 0 atom stereocenters. The first-order chi connectivity index (χ1) is 7.76. The monoisotopic (exact) mass is 215 g/mol. The minimum atomic E-state index is 0.607. The smallest absolute Gasteiger partial charge is 0.101 e. The molecule has 0 saturated heterocycles. The highest BCUT2D eigenvalue weighted by atomic mass is 15.1. The molecular weight excluding hydrogens is 198 g/mol. The molecule has 3 nitrogen and oxygen atoms in total. The van der Waals surface area contributed by atoms with Gasteiger partial charge in [0.25, 0.3) is 0 Å². The van der Waals surface area contributed by atoms with Crippen molar-refractivity contribution < 1.29 is 0 Å². The Morgan fingerprint density at radius 1 is 1.44 bits per heavy atom. The Kier molecular flexibility index (Phi) is 3.12. The summed E-state index contributed by atoms with van der Waals surface area (Å²) in [6.45, 7) is 5.19. The van der Waals surface area contributed by atoms with E-state index in [1.54, 1.807) is 0 Å². The van der Waals surface area contributed by atoms with Crippen molar-refractivity contribution in [3.63, 3.8) is 0 Å². The van der Waals surface area contributed by atoms with E-state index in [-0.39, 0.29) is 0 Å². The Balaban J connectivity index is 2.18. The predicted molar refractivity (Wildman–Crippen MR) is 64.6 cm³/mol. The van der Waals surface area contributed by atoms with E-state index in [0.717, 1.165) is 25.2 Å². The normalized spacial score (nSPS) is 14.8. The third kappa shape index (κ3) is 1.89. The zero-order valence-corrected chi connectivity index (χ0v) is 9.66. The van der Waals surface area contributed by atoms with Crippen LogP contribution in [0, 0.1) is 11.3 Å². The van der Waals surface area contributed by atoms with Crippen LogP contribution >= 0.6 is 0 Å². The summed E-state index contributed by atoms with van der Waals surface area (Å²) in [7, 11) is 0. The molecular formula is C13H17N3. The molecule has 1 aromatic rings. The van der Waals surface area contributed by atoms with Gasteiger partial charge in [0, 0.05) is 13.1 Å². The van der Waals surface area contributed by atoms with Gasteiger partial charge in [-0.2, -0.15) is 5.26 Å². The molecule has 0 amide bonds. The van der Waals surface area contributed by atoms with E-state index in [1.165, 1.54) is 18.4 Å². The fourth-order valence-electron chi connectivity index (χ4n) is 2.20. The van der Waals surface area contributed by atoms with Crippen LogP contribution in [0.2, 0.25) is 0 Å². The minimum Gasteiger partial charge on any atom is -0.397 e. The fraction of sp³-hybridized carbons (Fsp3) is 0.462. The predicted octanol–water partition coefficient (Wildman–Crippen LogP) is 2.26. The number of benzene rings is 1. The number of rotatable bonds is 3. The number of nitrogen functional groups attached to an aromatic ring is 1. The van der Waals surface area contributed by atoms with Gasteiger partial charge in [0.05, 0.1) is 11.3 Å². The SMILES string of the molecule is CCCCN1Cc2ccc(C#N)c(N)c2C1. The number of nitrogens with zero attached hydrogens (tertiary/aromatic N) is 2. The van der Waals surface area contributed by atoms with E-state index >= 15 is 0 Å². The second kappa shape index (κ2) is 4.54. The van der Waals surface area contributed by atoms with Crippen LogP contribution in [0.25, 0.3) is 0 Å². The highest BCUT2D eigenvalue weighted by molar-refractivity contribution is 5.62. The molecule has 0 saturated carbocycles. The van der Waals surface area contributed by atoms with E-state index in [1.807, 2.05) is 12.1 Å². The van der Waals surface area contributed by atoms with Gasteiger partial charge in [-0.15, -0.1) is 0 Å². The molecule has 0 unspecified atom stereocenters. The first-order valence-corrected chi connectivity index (χ1v) is 5.79. The molecule has 0 fully saturated rings. The maximum atomic E-state index is 8.91. The maximum Gasteiger partial charge on any atom is 0.101 e. The van der Waals surface area contributed by atoms with Crippen LogP contribution in [0.3, 0.4) is 0 Å². The van der Waals surface area contributed by atoms with Crippen molar-refractivity contribution in [2.75, 3.05) is 12.3 Å². The number of hydrogen-bond acceptors (Lipinski definition) is 3. The second-order valence-corrected chi connectivity index (χ2v) is 4.34. The molecule has 0 bridgehead atoms. The largest absolute Gasteiger partial charge is 0.397 e. The lowest BCUT2D eigenvalue weighted by Gasteiger charge is -2.13. The van der Waals surface area contributed by atoms with Gasteiger partial charge in [-0.1, -0.05) is 19.4 Å². The van der Waals surface area contributed by atoms with Gasteiger partial charge in [0.2, 0.25) is 0 Å². The number of hydrogen-bond donors (Lipinski definition) is 1. The molecule has 2 rings (SSSR count). The summed E-state index contributed by atoms with van der Waals surface area (Å²) in [5.41, 5.74) is 9.72. The summed E-state index contributed by atoms with van der Waals surface area (Å²) in [4.78, 5) is 2.39. The van der Waals surface area contributed by atoms with Gasteiger partial charge >= 0.3 is 0 Å². The fourth-order valence-corrected chi connectivity index (χ4v) is 2.20. The van der Waals surface area contributed by atoms with Crippen molar-refractivity contribution in [3.8, 4) is 6.07 Å². The first-order valence-electron chi connectivity index (χ1n) is 5.79. The lowest BCUT2D eigenvalue weighted by Crippen LogP contribution is -2.17. The second-order valence-electron chi connectivity index (χ2n) is 4.34. The average Bonchev–Trinajstić information content (AvgIpc) is 2.71. The lowest BCUT2D eigenvalue weighted by atomic mass is 10.0. The van der Waals surface area contributed by atoms with Crippen molar-refractivity contribution in [2.24, 2.45) is 0 Å². The van der Waals surface area contributed by atoms with Crippen LogP contribution in [-0.2, 0) is 13.1 Å². The van der Waals surface area contributed by atoms with E-state index in [0.29, 0.717) is 11.3 Å². The van der Waals surface area contributed by atoms with Crippen LogP contribution in [0.5, 0.6) is 0 Å². The summed E-state index contributed by atoms with van der Waals surface area (Å²) in [6, 6.07) is 6.01. The lowest BCUT2D eigenvalue weighted by molar-refractivity contribution is 0.279. The Labute approximate surface area is 96.5 Å². The third-order valence-electron chi connectivity index (χ3n) is 3.18. The van der Waals surface area contributed by atoms with Crippen LogP contribution in [0.15, 0.2) is 12.1 Å². The van der Waals surface area contributed by atoms with Crippen LogP contribution < -0.4 is 5.73 Å². The number of fused-ring (bicyclic) bond motifs is 1. The quantitative estimate of drug-likeness (QED) is 0.787. The third-order valence-corrected chi connectivity index (χ3v) is 3.18. The van der Waals surface area contributed by atoms with E-state index in [2.05, 4.69) is 17.9 Å². The Hall–Kier alpha value is -1.53. The number of nitriles is 1. The molecule has 1 aliphatic rings. The van der Waals surface area contributed by atoms with Crippen molar-refractivity contribution in [2.45, 2.75) is 32.9 Å². The highest BCUT2D eigenvalue weighted by Gasteiger charge is 2.21. The molecule has 84 valence electrons. The molecule has 2 N–H and O–H groups in total. The van der Waals surface area contributed by atoms with E-state index in [4.69, 9.17) is 11.0 Å². The summed E-state index contributed by atoms with van der Waals surface area (Å²) in [6.07, 6.45) is 2.44. The highest BCUT2D eigenvalue weighted by Crippen LogP contribution is 2.29. The molecule has 0 aromatic heterocycles. The summed E-state index contributed by atoms with van der Waals surface area (Å²) < 4.78 is 0. The van der Waals surface area contributed by atoms with Crippen molar-refractivity contribution in [1.29, 1.82) is 5.26 Å². The molecule has 16 heavy (non-hydrogen) atoms. The average molecular weight is 215 g/mol. The minimum absolute atomic E-state index is 0.607. The first kappa shape index (κ1) is 11.0. The topological polar surface area (TPSA) is 53.0 Å². The Morgan fingerprint density at radius 2 is 2.25 bits per heavy atom.